The normalized spacial score (nSPS) is 28.9. The lowest BCUT2D eigenvalue weighted by molar-refractivity contribution is -0.158. The molecule has 2 saturated heterocycles. The van der Waals surface area contributed by atoms with Gasteiger partial charge in [-0.3, -0.25) is 9.59 Å². The zero-order valence-corrected chi connectivity index (χ0v) is 11.9. The second-order valence-electron chi connectivity index (χ2n) is 5.67. The van der Waals surface area contributed by atoms with Crippen molar-refractivity contribution in [1.29, 1.82) is 0 Å². The SMILES string of the molecule is CC1CN(C(=O)C(=O)N2CCCCCC2)CC(C)O1. The van der Waals surface area contributed by atoms with Crippen molar-refractivity contribution < 1.29 is 14.3 Å². The van der Waals surface area contributed by atoms with Crippen LogP contribution < -0.4 is 0 Å². The Bertz CT molecular complexity index is 328. The second-order valence-corrected chi connectivity index (χ2v) is 5.67. The molecule has 0 aromatic heterocycles. The molecule has 2 atom stereocenters. The van der Waals surface area contributed by atoms with E-state index in [-0.39, 0.29) is 24.0 Å². The van der Waals surface area contributed by atoms with Crippen molar-refractivity contribution in [2.75, 3.05) is 26.2 Å². The molecule has 0 aromatic carbocycles. The van der Waals surface area contributed by atoms with Gasteiger partial charge in [0, 0.05) is 26.2 Å². The highest BCUT2D eigenvalue weighted by molar-refractivity contribution is 6.34. The van der Waals surface area contributed by atoms with Gasteiger partial charge in [0.15, 0.2) is 0 Å². The molecule has 2 unspecified atom stereocenters. The lowest BCUT2D eigenvalue weighted by atomic mass is 10.2. The number of amides is 2. The first-order valence-electron chi connectivity index (χ1n) is 7.31. The Balaban J connectivity index is 1.95. The summed E-state index contributed by atoms with van der Waals surface area (Å²) >= 11 is 0. The van der Waals surface area contributed by atoms with E-state index < -0.39 is 0 Å². The minimum atomic E-state index is -0.358. The first-order chi connectivity index (χ1) is 9.08. The van der Waals surface area contributed by atoms with Gasteiger partial charge in [-0.2, -0.15) is 0 Å². The van der Waals surface area contributed by atoms with E-state index in [1.54, 1.807) is 9.80 Å². The summed E-state index contributed by atoms with van der Waals surface area (Å²) in [5, 5.41) is 0. The van der Waals surface area contributed by atoms with Crippen molar-refractivity contribution in [1.82, 2.24) is 9.80 Å². The molecule has 108 valence electrons. The van der Waals surface area contributed by atoms with Crippen molar-refractivity contribution in [3.8, 4) is 0 Å². The topological polar surface area (TPSA) is 49.9 Å². The molecule has 2 heterocycles. The third-order valence-electron chi connectivity index (χ3n) is 3.78. The Hall–Kier alpha value is -1.10. The van der Waals surface area contributed by atoms with Crippen LogP contribution in [0.15, 0.2) is 0 Å². The molecule has 0 aliphatic carbocycles. The zero-order chi connectivity index (χ0) is 13.8. The first-order valence-corrected chi connectivity index (χ1v) is 7.31. The highest BCUT2D eigenvalue weighted by atomic mass is 16.5. The minimum Gasteiger partial charge on any atom is -0.372 e. The number of rotatable bonds is 0. The molecule has 0 radical (unpaired) electrons. The zero-order valence-electron chi connectivity index (χ0n) is 11.9. The maximum absolute atomic E-state index is 12.3. The molecule has 19 heavy (non-hydrogen) atoms. The Kier molecular flexibility index (Phi) is 4.80. The van der Waals surface area contributed by atoms with Crippen molar-refractivity contribution in [2.24, 2.45) is 0 Å². The van der Waals surface area contributed by atoms with E-state index in [9.17, 15) is 9.59 Å². The molecule has 0 saturated carbocycles. The Morgan fingerprint density at radius 1 is 0.842 bits per heavy atom. The fourth-order valence-electron chi connectivity index (χ4n) is 2.89. The highest BCUT2D eigenvalue weighted by Crippen LogP contribution is 2.14. The maximum Gasteiger partial charge on any atom is 0.312 e. The molecule has 2 aliphatic heterocycles. The molecular weight excluding hydrogens is 244 g/mol. The van der Waals surface area contributed by atoms with Crippen LogP contribution in [-0.2, 0) is 14.3 Å². The number of hydrogen-bond donors (Lipinski definition) is 0. The Morgan fingerprint density at radius 2 is 1.32 bits per heavy atom. The van der Waals surface area contributed by atoms with Gasteiger partial charge in [-0.1, -0.05) is 12.8 Å². The van der Waals surface area contributed by atoms with Crippen LogP contribution in [0.25, 0.3) is 0 Å². The van der Waals surface area contributed by atoms with Crippen LogP contribution in [-0.4, -0.2) is 60.0 Å². The number of nitrogens with zero attached hydrogens (tertiary/aromatic N) is 2. The molecule has 0 N–H and O–H groups in total. The smallest absolute Gasteiger partial charge is 0.312 e. The number of hydrogen-bond acceptors (Lipinski definition) is 3. The summed E-state index contributed by atoms with van der Waals surface area (Å²) in [7, 11) is 0. The van der Waals surface area contributed by atoms with Gasteiger partial charge in [0.25, 0.3) is 0 Å². The third-order valence-corrected chi connectivity index (χ3v) is 3.78. The van der Waals surface area contributed by atoms with Gasteiger partial charge in [-0.05, 0) is 26.7 Å². The summed E-state index contributed by atoms with van der Waals surface area (Å²) < 4.78 is 5.59. The number of carbonyl (C=O) groups excluding carboxylic acids is 2. The van der Waals surface area contributed by atoms with E-state index in [2.05, 4.69) is 0 Å². The molecule has 0 bridgehead atoms. The summed E-state index contributed by atoms with van der Waals surface area (Å²) in [4.78, 5) is 27.9. The molecule has 2 aliphatic rings. The monoisotopic (exact) mass is 268 g/mol. The average Bonchev–Trinajstić information content (AvgIpc) is 2.64. The standard InChI is InChI=1S/C14H24N2O3/c1-11-9-16(10-12(2)19-11)14(18)13(17)15-7-5-3-4-6-8-15/h11-12H,3-10H2,1-2H3. The minimum absolute atomic E-state index is 0.00429. The summed E-state index contributed by atoms with van der Waals surface area (Å²) in [5.74, 6) is -0.688. The maximum atomic E-state index is 12.3. The van der Waals surface area contributed by atoms with Crippen LogP contribution in [0, 0.1) is 0 Å². The lowest BCUT2D eigenvalue weighted by Gasteiger charge is -2.35. The van der Waals surface area contributed by atoms with Gasteiger partial charge in [0.1, 0.15) is 0 Å². The highest BCUT2D eigenvalue weighted by Gasteiger charge is 2.32. The number of ether oxygens (including phenoxy) is 1. The molecule has 0 spiro atoms. The van der Waals surface area contributed by atoms with Crippen LogP contribution in [0.3, 0.4) is 0 Å². The molecule has 2 amide bonds. The van der Waals surface area contributed by atoms with Crippen molar-refractivity contribution in [3.63, 3.8) is 0 Å². The fourth-order valence-corrected chi connectivity index (χ4v) is 2.89. The third kappa shape index (κ3) is 3.69. The molecule has 0 aromatic rings. The molecule has 2 rings (SSSR count). The van der Waals surface area contributed by atoms with Gasteiger partial charge in [0.05, 0.1) is 12.2 Å². The van der Waals surface area contributed by atoms with E-state index in [0.29, 0.717) is 13.1 Å². The summed E-state index contributed by atoms with van der Waals surface area (Å²) in [6, 6.07) is 0. The van der Waals surface area contributed by atoms with Gasteiger partial charge < -0.3 is 14.5 Å². The van der Waals surface area contributed by atoms with Gasteiger partial charge in [0.2, 0.25) is 0 Å². The van der Waals surface area contributed by atoms with E-state index in [1.165, 1.54) is 0 Å². The largest absolute Gasteiger partial charge is 0.372 e. The van der Waals surface area contributed by atoms with Crippen LogP contribution in [0.5, 0.6) is 0 Å². The van der Waals surface area contributed by atoms with Crippen LogP contribution in [0.1, 0.15) is 39.5 Å². The number of morpholine rings is 1. The van der Waals surface area contributed by atoms with E-state index in [1.807, 2.05) is 13.8 Å². The molecule has 5 heteroatoms. The van der Waals surface area contributed by atoms with Crippen molar-refractivity contribution >= 4 is 11.8 Å². The van der Waals surface area contributed by atoms with E-state index in [0.717, 1.165) is 38.8 Å². The summed E-state index contributed by atoms with van der Waals surface area (Å²) in [6.07, 6.45) is 4.34. The fraction of sp³-hybridized carbons (Fsp3) is 0.857. The lowest BCUT2D eigenvalue weighted by Crippen LogP contribution is -2.53. The Labute approximate surface area is 114 Å². The van der Waals surface area contributed by atoms with Crippen LogP contribution >= 0.6 is 0 Å². The van der Waals surface area contributed by atoms with Crippen LogP contribution in [0.2, 0.25) is 0 Å². The Morgan fingerprint density at radius 3 is 1.84 bits per heavy atom. The van der Waals surface area contributed by atoms with E-state index in [4.69, 9.17) is 4.74 Å². The number of likely N-dealkylation sites (tertiary alicyclic amines) is 1. The number of carbonyl (C=O) groups is 2. The summed E-state index contributed by atoms with van der Waals surface area (Å²) in [5.41, 5.74) is 0. The molecule has 5 nitrogen and oxygen atoms in total. The first kappa shape index (κ1) is 14.3. The van der Waals surface area contributed by atoms with Crippen molar-refractivity contribution in [2.45, 2.75) is 51.7 Å². The predicted octanol–water partition coefficient (Wildman–Crippen LogP) is 1.02. The predicted molar refractivity (Wildman–Crippen MR) is 71.6 cm³/mol. The molecule has 2 fully saturated rings. The average molecular weight is 268 g/mol. The second kappa shape index (κ2) is 6.37. The quantitative estimate of drug-likeness (QED) is 0.616. The van der Waals surface area contributed by atoms with Gasteiger partial charge >= 0.3 is 11.8 Å². The van der Waals surface area contributed by atoms with Gasteiger partial charge in [-0.25, -0.2) is 0 Å². The van der Waals surface area contributed by atoms with E-state index >= 15 is 0 Å². The van der Waals surface area contributed by atoms with Crippen LogP contribution in [0.4, 0.5) is 0 Å². The van der Waals surface area contributed by atoms with Gasteiger partial charge in [-0.15, -0.1) is 0 Å². The summed E-state index contributed by atoms with van der Waals surface area (Å²) in [6.45, 7) is 6.35. The van der Waals surface area contributed by atoms with Crippen molar-refractivity contribution in [3.05, 3.63) is 0 Å². The molecular formula is C14H24N2O3.